The van der Waals surface area contributed by atoms with E-state index < -0.39 is 0 Å². The van der Waals surface area contributed by atoms with Crippen molar-refractivity contribution in [1.29, 1.82) is 0 Å². The molecule has 0 bridgehead atoms. The molecule has 5 nitrogen and oxygen atoms in total. The minimum Gasteiger partial charge on any atom is -0.496 e. The lowest BCUT2D eigenvalue weighted by Crippen LogP contribution is -3.08. The molecule has 138 valence electrons. The van der Waals surface area contributed by atoms with Gasteiger partial charge in [-0.3, -0.25) is 4.79 Å². The van der Waals surface area contributed by atoms with E-state index in [1.807, 2.05) is 18.2 Å². The van der Waals surface area contributed by atoms with Crippen LogP contribution in [0, 0.1) is 0 Å². The van der Waals surface area contributed by atoms with E-state index in [0.717, 1.165) is 52.2 Å². The maximum absolute atomic E-state index is 13.0. The maximum atomic E-state index is 13.0. The Hall–Kier alpha value is -2.57. The van der Waals surface area contributed by atoms with Gasteiger partial charge in [-0.25, -0.2) is 0 Å². The van der Waals surface area contributed by atoms with Crippen LogP contribution < -0.4 is 20.3 Å². The van der Waals surface area contributed by atoms with Gasteiger partial charge in [0.2, 0.25) is 0 Å². The standard InChI is InChI=1S/C21H21N3O2S/c1-24-10-9-14-16(11-24)27-21-18(14)20(25)22-19(23-21)17-13-6-4-3-5-12(13)7-8-15(17)26-2/h3-8,19,23H,9-11H2,1-2H3,(H,22,25)/p+1/t19-/m1/s1. The molecule has 0 aliphatic carbocycles. The van der Waals surface area contributed by atoms with Crippen LogP contribution in [0.5, 0.6) is 5.75 Å². The minimum atomic E-state index is -0.309. The van der Waals surface area contributed by atoms with Crippen molar-refractivity contribution in [2.24, 2.45) is 0 Å². The molecule has 2 aliphatic rings. The number of thiophene rings is 1. The van der Waals surface area contributed by atoms with Gasteiger partial charge < -0.3 is 20.3 Å². The first-order valence-electron chi connectivity index (χ1n) is 9.24. The first-order chi connectivity index (χ1) is 13.2. The molecule has 0 spiro atoms. The van der Waals surface area contributed by atoms with Gasteiger partial charge in [0.15, 0.2) is 0 Å². The maximum Gasteiger partial charge on any atom is 0.256 e. The van der Waals surface area contributed by atoms with Crippen LogP contribution in [-0.4, -0.2) is 26.6 Å². The Labute approximate surface area is 161 Å². The molecule has 1 aromatic heterocycles. The second-order valence-electron chi connectivity index (χ2n) is 7.30. The summed E-state index contributed by atoms with van der Waals surface area (Å²) in [7, 11) is 3.88. The lowest BCUT2D eigenvalue weighted by Gasteiger charge is -2.29. The summed E-state index contributed by atoms with van der Waals surface area (Å²) in [6.45, 7) is 2.06. The van der Waals surface area contributed by atoms with Crippen LogP contribution in [0.25, 0.3) is 10.8 Å². The molecule has 0 saturated heterocycles. The molecule has 27 heavy (non-hydrogen) atoms. The van der Waals surface area contributed by atoms with Gasteiger partial charge >= 0.3 is 0 Å². The van der Waals surface area contributed by atoms with E-state index >= 15 is 0 Å². The predicted molar refractivity (Wildman–Crippen MR) is 108 cm³/mol. The molecular formula is C21H22N3O2S+. The number of hydrogen-bond acceptors (Lipinski definition) is 4. The van der Waals surface area contributed by atoms with E-state index in [4.69, 9.17) is 4.74 Å². The van der Waals surface area contributed by atoms with Crippen LogP contribution in [-0.2, 0) is 13.0 Å². The van der Waals surface area contributed by atoms with Gasteiger partial charge in [-0.2, -0.15) is 0 Å². The molecule has 6 heteroatoms. The number of methoxy groups -OCH3 is 1. The fourth-order valence-electron chi connectivity index (χ4n) is 4.23. The molecule has 1 unspecified atom stereocenters. The van der Waals surface area contributed by atoms with Crippen molar-refractivity contribution in [1.82, 2.24) is 5.32 Å². The van der Waals surface area contributed by atoms with Gasteiger partial charge in [0.05, 0.1) is 31.1 Å². The highest BCUT2D eigenvalue weighted by Gasteiger charge is 2.35. The Morgan fingerprint density at radius 2 is 2.04 bits per heavy atom. The molecular weight excluding hydrogens is 358 g/mol. The SMILES string of the molecule is COc1ccc2ccccc2c1[C@@H]1NC(=O)c2c(sc3c2CC[NH+](C)C3)N1. The summed E-state index contributed by atoms with van der Waals surface area (Å²) in [6.07, 6.45) is 0.654. The van der Waals surface area contributed by atoms with Crippen molar-refractivity contribution in [3.63, 3.8) is 0 Å². The molecule has 2 aromatic carbocycles. The Kier molecular flexibility index (Phi) is 3.84. The smallest absolute Gasteiger partial charge is 0.256 e. The normalized spacial score (nSPS) is 21.2. The summed E-state index contributed by atoms with van der Waals surface area (Å²) < 4.78 is 5.63. The highest BCUT2D eigenvalue weighted by atomic mass is 32.1. The number of anilines is 1. The van der Waals surface area contributed by atoms with Crippen LogP contribution in [0.1, 0.15) is 32.5 Å². The third-order valence-corrected chi connectivity index (χ3v) is 6.74. The number of carbonyl (C=O) groups is 1. The highest BCUT2D eigenvalue weighted by Crippen LogP contribution is 2.41. The van der Waals surface area contributed by atoms with Gasteiger partial charge in [-0.05, 0) is 22.4 Å². The number of ether oxygens (including phenoxy) is 1. The number of quaternary nitrogens is 1. The molecule has 3 aromatic rings. The number of nitrogens with one attached hydrogen (secondary N) is 3. The van der Waals surface area contributed by atoms with E-state index in [-0.39, 0.29) is 12.1 Å². The summed E-state index contributed by atoms with van der Waals surface area (Å²) in [5.74, 6) is 0.793. The topological polar surface area (TPSA) is 54.8 Å². The van der Waals surface area contributed by atoms with Crippen LogP contribution >= 0.6 is 11.3 Å². The molecule has 2 aliphatic heterocycles. The first-order valence-corrected chi connectivity index (χ1v) is 10.1. The van der Waals surface area contributed by atoms with Crippen molar-refractivity contribution in [3.8, 4) is 5.75 Å². The summed E-state index contributed by atoms with van der Waals surface area (Å²) in [5, 5.41) is 9.95. The molecule has 3 heterocycles. The largest absolute Gasteiger partial charge is 0.496 e. The number of carbonyl (C=O) groups excluding carboxylic acids is 1. The number of fused-ring (bicyclic) bond motifs is 4. The van der Waals surface area contributed by atoms with E-state index in [1.54, 1.807) is 18.4 Å². The number of rotatable bonds is 2. The van der Waals surface area contributed by atoms with Crippen molar-refractivity contribution in [3.05, 3.63) is 58.0 Å². The molecule has 0 fully saturated rings. The van der Waals surface area contributed by atoms with E-state index in [0.29, 0.717) is 0 Å². The molecule has 0 saturated carbocycles. The van der Waals surface area contributed by atoms with Gasteiger partial charge in [-0.15, -0.1) is 11.3 Å². The van der Waals surface area contributed by atoms with Crippen molar-refractivity contribution in [2.45, 2.75) is 19.1 Å². The Balaban J connectivity index is 1.62. The molecule has 5 rings (SSSR count). The van der Waals surface area contributed by atoms with Crippen LogP contribution in [0.2, 0.25) is 0 Å². The van der Waals surface area contributed by atoms with Crippen molar-refractivity contribution >= 4 is 33.0 Å². The minimum absolute atomic E-state index is 0.0146. The summed E-state index contributed by atoms with van der Waals surface area (Å²) in [4.78, 5) is 15.9. The van der Waals surface area contributed by atoms with Crippen LogP contribution in [0.3, 0.4) is 0 Å². The Morgan fingerprint density at radius 3 is 2.89 bits per heavy atom. The van der Waals surface area contributed by atoms with Gasteiger partial charge in [0.25, 0.3) is 5.91 Å². The summed E-state index contributed by atoms with van der Waals surface area (Å²) in [5.41, 5.74) is 3.05. The Morgan fingerprint density at radius 1 is 1.19 bits per heavy atom. The monoisotopic (exact) mass is 380 g/mol. The zero-order valence-corrected chi connectivity index (χ0v) is 16.2. The lowest BCUT2D eigenvalue weighted by molar-refractivity contribution is -0.895. The average Bonchev–Trinajstić information content (AvgIpc) is 3.04. The third kappa shape index (κ3) is 2.59. The second kappa shape index (κ2) is 6.25. The molecule has 0 radical (unpaired) electrons. The van der Waals surface area contributed by atoms with Crippen molar-refractivity contribution < 1.29 is 14.4 Å². The van der Waals surface area contributed by atoms with Gasteiger partial charge in [-0.1, -0.05) is 30.3 Å². The molecule has 2 atom stereocenters. The highest BCUT2D eigenvalue weighted by molar-refractivity contribution is 7.16. The zero-order chi connectivity index (χ0) is 18.5. The van der Waals surface area contributed by atoms with Gasteiger partial charge in [0.1, 0.15) is 23.5 Å². The number of hydrogen-bond donors (Lipinski definition) is 3. The quantitative estimate of drug-likeness (QED) is 0.640. The van der Waals surface area contributed by atoms with E-state index in [1.165, 1.54) is 15.3 Å². The average molecular weight is 380 g/mol. The van der Waals surface area contributed by atoms with Crippen LogP contribution in [0.4, 0.5) is 5.00 Å². The van der Waals surface area contributed by atoms with Gasteiger partial charge in [0, 0.05) is 12.0 Å². The van der Waals surface area contributed by atoms with Crippen LogP contribution in [0.15, 0.2) is 36.4 Å². The first kappa shape index (κ1) is 16.6. The molecule has 1 amide bonds. The molecule has 3 N–H and O–H groups in total. The van der Waals surface area contributed by atoms with E-state index in [9.17, 15) is 4.79 Å². The lowest BCUT2D eigenvalue weighted by atomic mass is 9.98. The Bertz CT molecular complexity index is 1060. The van der Waals surface area contributed by atoms with Crippen molar-refractivity contribution in [2.75, 3.05) is 26.0 Å². The number of amides is 1. The number of likely N-dealkylation sites (N-methyl/N-ethyl adjacent to an activating group) is 1. The zero-order valence-electron chi connectivity index (χ0n) is 15.4. The second-order valence-corrected chi connectivity index (χ2v) is 8.40. The van der Waals surface area contributed by atoms with E-state index in [2.05, 4.69) is 35.9 Å². The number of benzene rings is 2. The third-order valence-electron chi connectivity index (χ3n) is 5.57. The summed E-state index contributed by atoms with van der Waals surface area (Å²) in [6, 6.07) is 12.2. The summed E-state index contributed by atoms with van der Waals surface area (Å²) >= 11 is 1.73. The predicted octanol–water partition coefficient (Wildman–Crippen LogP) is 2.33. The fraction of sp³-hybridized carbons (Fsp3) is 0.286. The fourth-order valence-corrected chi connectivity index (χ4v) is 5.62.